The number of amides is 1. The van der Waals surface area contributed by atoms with Gasteiger partial charge in [0.1, 0.15) is 6.50 Å². The third-order valence-corrected chi connectivity index (χ3v) is 9.46. The number of carbonyl (C=O) groups excluding carboxylic acids is 1. The van der Waals surface area contributed by atoms with Crippen LogP contribution in [0.3, 0.4) is 0 Å². The van der Waals surface area contributed by atoms with Crippen molar-refractivity contribution in [3.8, 4) is 11.1 Å². The molecule has 1 aliphatic rings. The van der Waals surface area contributed by atoms with E-state index in [9.17, 15) is 25.1 Å². The van der Waals surface area contributed by atoms with E-state index < -0.39 is 105 Å². The molecule has 2 heterocycles. The van der Waals surface area contributed by atoms with Gasteiger partial charge >= 0.3 is 6.18 Å². The predicted octanol–water partition coefficient (Wildman–Crippen LogP) is 8.71. The summed E-state index contributed by atoms with van der Waals surface area (Å²) in [5, 5.41) is -1.69. The van der Waals surface area contributed by atoms with Gasteiger partial charge < -0.3 is 19.1 Å². The highest BCUT2D eigenvalue weighted by Crippen LogP contribution is 2.32. The summed E-state index contributed by atoms with van der Waals surface area (Å²) in [5.74, 6) is -4.38. The van der Waals surface area contributed by atoms with Crippen LogP contribution < -0.4 is 5.43 Å². The molecule has 0 saturated carbocycles. The van der Waals surface area contributed by atoms with Gasteiger partial charge in [0.2, 0.25) is 5.91 Å². The summed E-state index contributed by atoms with van der Waals surface area (Å²) in [5.41, 5.74) is -5.67. The number of likely N-dealkylation sites (tertiary alicyclic amines) is 1. The smallest absolute Gasteiger partial charge is 0.383 e. The van der Waals surface area contributed by atoms with E-state index in [4.69, 9.17) is 15.7 Å². The van der Waals surface area contributed by atoms with Gasteiger partial charge in [0.05, 0.1) is 30.9 Å². The molecule has 1 aliphatic heterocycles. The van der Waals surface area contributed by atoms with E-state index >= 15 is 9.18 Å². The zero-order valence-electron chi connectivity index (χ0n) is 38.5. The molecule has 6 nitrogen and oxygen atoms in total. The molecule has 1 aromatic heterocycles. The number of aromatic nitrogens is 1. The van der Waals surface area contributed by atoms with E-state index in [0.29, 0.717) is 21.3 Å². The summed E-state index contributed by atoms with van der Waals surface area (Å²) in [6, 6.07) is 9.36. The number of hydrogen-bond donors (Lipinski definition) is 0. The largest absolute Gasteiger partial charge is 0.416 e. The summed E-state index contributed by atoms with van der Waals surface area (Å²) < 4.78 is 163. The van der Waals surface area contributed by atoms with E-state index in [-0.39, 0.29) is 56.4 Å². The van der Waals surface area contributed by atoms with Gasteiger partial charge in [0.25, 0.3) is 0 Å². The Morgan fingerprint density at radius 1 is 1.00 bits per heavy atom. The second-order valence-electron chi connectivity index (χ2n) is 12.3. The number of hydrogen-bond acceptors (Lipinski definition) is 5. The quantitative estimate of drug-likeness (QED) is 0.0942. The molecule has 1 fully saturated rings. The Hall–Kier alpha value is -4.52. The fourth-order valence-electron chi connectivity index (χ4n) is 5.87. The van der Waals surface area contributed by atoms with E-state index in [1.807, 2.05) is 0 Å². The first-order valence-electron chi connectivity index (χ1n) is 21.4. The molecule has 0 aliphatic carbocycles. The van der Waals surface area contributed by atoms with Crippen LogP contribution in [0, 0.1) is 18.6 Å². The van der Waals surface area contributed by atoms with Crippen molar-refractivity contribution in [3.05, 3.63) is 135 Å². The Kier molecular flexibility index (Phi) is 8.52. The number of halogens is 5. The molecule has 0 bridgehead atoms. The van der Waals surface area contributed by atoms with Crippen LogP contribution in [0.1, 0.15) is 48.8 Å². The molecule has 0 unspecified atom stereocenters. The topological polar surface area (TPSA) is 54.8 Å². The van der Waals surface area contributed by atoms with Crippen molar-refractivity contribution in [2.45, 2.75) is 55.8 Å². The predicted molar refractivity (Wildman–Crippen MR) is 198 cm³/mol. The maximum atomic E-state index is 15.2. The SMILES string of the molecule is [2H]c1c(C)c([2H])c2c(c1[2H])c(=O)c([2H])c(SC([2H])([2H])c1cccc(F)c1F)n2C([2H])([2H])C(=O)N(Cc1ccc(-c2ccc(C(F)(F)F)cc2)cc1)C1CCN(C([2H])([2H])COC)CC1. The third kappa shape index (κ3) is 9.17. The third-order valence-electron chi connectivity index (χ3n) is 8.66. The first-order chi connectivity index (χ1) is 29.3. The van der Waals surface area contributed by atoms with Crippen molar-refractivity contribution in [1.29, 1.82) is 0 Å². The monoisotopic (exact) mass is 759 g/mol. The number of thioether (sulfide) groups is 1. The Balaban J connectivity index is 1.50. The second kappa shape index (κ2) is 16.7. The lowest BCUT2D eigenvalue weighted by molar-refractivity contribution is -0.137. The highest BCUT2D eigenvalue weighted by Gasteiger charge is 2.31. The van der Waals surface area contributed by atoms with Crippen LogP contribution in [0.5, 0.6) is 0 Å². The van der Waals surface area contributed by atoms with Gasteiger partial charge in [-0.2, -0.15) is 13.2 Å². The van der Waals surface area contributed by atoms with Crippen LogP contribution in [0.2, 0.25) is 0 Å². The minimum absolute atomic E-state index is 0.0730. The van der Waals surface area contributed by atoms with E-state index in [1.54, 1.807) is 24.3 Å². The minimum Gasteiger partial charge on any atom is -0.383 e. The normalized spacial score (nSPS) is 17.7. The molecule has 1 amide bonds. The van der Waals surface area contributed by atoms with Gasteiger partial charge in [-0.05, 0) is 72.3 Å². The molecular formula is C41H40F5N3O3S. The second-order valence-corrected chi connectivity index (χ2v) is 13.0. The van der Waals surface area contributed by atoms with Gasteiger partial charge in [-0.1, -0.05) is 54.6 Å². The van der Waals surface area contributed by atoms with Gasteiger partial charge in [-0.25, -0.2) is 8.78 Å². The molecule has 0 atom stereocenters. The number of methoxy groups -OCH3 is 1. The Labute approximate surface area is 323 Å². The molecule has 0 N–H and O–H groups in total. The Morgan fingerprint density at radius 2 is 1.68 bits per heavy atom. The summed E-state index contributed by atoms with van der Waals surface area (Å²) >= 11 is -0.0891. The Morgan fingerprint density at radius 3 is 2.34 bits per heavy atom. The molecule has 278 valence electrons. The maximum Gasteiger partial charge on any atom is 0.416 e. The number of rotatable bonds is 12. The first kappa shape index (κ1) is 27.1. The fourth-order valence-corrected chi connectivity index (χ4v) is 6.60. The molecule has 53 heavy (non-hydrogen) atoms. The molecule has 4 aromatic carbocycles. The van der Waals surface area contributed by atoms with Crippen LogP contribution in [0.15, 0.2) is 101 Å². The van der Waals surface area contributed by atoms with Crippen LogP contribution >= 0.6 is 11.8 Å². The lowest BCUT2D eigenvalue weighted by atomic mass is 10.00. The van der Waals surface area contributed by atoms with Crippen LogP contribution in [-0.2, 0) is 34.5 Å². The molecule has 1 saturated heterocycles. The maximum absolute atomic E-state index is 15.2. The molecule has 5 aromatic rings. The molecule has 0 spiro atoms. The van der Waals surface area contributed by atoms with Crippen molar-refractivity contribution >= 4 is 28.6 Å². The zero-order valence-corrected chi connectivity index (χ0v) is 29.4. The molecular weight excluding hydrogens is 710 g/mol. The van der Waals surface area contributed by atoms with E-state index in [1.165, 1.54) is 31.1 Å². The van der Waals surface area contributed by atoms with Crippen LogP contribution in [0.25, 0.3) is 22.0 Å². The highest BCUT2D eigenvalue weighted by molar-refractivity contribution is 7.98. The number of ether oxygens (including phenoxy) is 1. The standard InChI is InChI=1S/C41H40F5N3O3S/c1-27-6-15-34-36(22-27)49(39(23-37(34)50)53-26-31-4-3-5-35(42)40(31)43)25-38(51)48(33-16-18-47(19-17-33)20-21-52-2)24-28-7-9-29(10-8-28)30-11-13-32(14-12-30)41(44,45)46/h3-15,22-23,33H,16-21,24-26H2,1-2H3/i6D,15D,20D2,22D,23D,25D2,26D2. The van der Waals surface area contributed by atoms with Crippen LogP contribution in [0.4, 0.5) is 22.0 Å². The lowest BCUT2D eigenvalue weighted by Gasteiger charge is -2.39. The summed E-state index contributed by atoms with van der Waals surface area (Å²) in [6.45, 7) is -4.57. The summed E-state index contributed by atoms with van der Waals surface area (Å²) in [6.07, 6.45) is -4.36. The van der Waals surface area contributed by atoms with E-state index in [2.05, 4.69) is 0 Å². The molecule has 6 rings (SSSR count). The number of carbonyl (C=O) groups is 1. The van der Waals surface area contributed by atoms with Crippen molar-refractivity contribution in [1.82, 2.24) is 14.4 Å². The van der Waals surface area contributed by atoms with Crippen molar-refractivity contribution in [2.75, 3.05) is 33.3 Å². The fraction of sp³-hybridized carbons (Fsp3) is 0.317. The van der Waals surface area contributed by atoms with Gasteiger partial charge in [0.15, 0.2) is 17.1 Å². The number of benzene rings is 4. The first-order valence-corrected chi connectivity index (χ1v) is 17.3. The number of pyridine rings is 1. The number of alkyl halides is 3. The highest BCUT2D eigenvalue weighted by atomic mass is 32.2. The van der Waals surface area contributed by atoms with Crippen molar-refractivity contribution in [2.24, 2.45) is 0 Å². The number of piperidine rings is 1. The lowest BCUT2D eigenvalue weighted by Crippen LogP contribution is -2.48. The summed E-state index contributed by atoms with van der Waals surface area (Å²) in [4.78, 5) is 31.7. The molecule has 0 radical (unpaired) electrons. The van der Waals surface area contributed by atoms with Gasteiger partial charge in [0, 0.05) is 67.5 Å². The zero-order chi connectivity index (χ0) is 46.6. The summed E-state index contributed by atoms with van der Waals surface area (Å²) in [7, 11) is 1.34. The van der Waals surface area contributed by atoms with Crippen molar-refractivity contribution in [3.63, 3.8) is 0 Å². The van der Waals surface area contributed by atoms with E-state index in [0.717, 1.165) is 35.2 Å². The Bertz CT molecular complexity index is 2610. The number of fused-ring (bicyclic) bond motifs is 1. The number of nitrogens with zero attached hydrogens (tertiary/aromatic N) is 3. The minimum atomic E-state index is -4.55. The van der Waals surface area contributed by atoms with Gasteiger partial charge in [-0.3, -0.25) is 9.59 Å². The average Bonchev–Trinajstić information content (AvgIpc) is 3.23. The molecule has 12 heteroatoms. The van der Waals surface area contributed by atoms with Gasteiger partial charge in [-0.15, -0.1) is 11.8 Å². The van der Waals surface area contributed by atoms with Crippen LogP contribution in [-0.4, -0.2) is 59.6 Å². The average molecular weight is 760 g/mol. The van der Waals surface area contributed by atoms with Crippen molar-refractivity contribution < 1.29 is 45.2 Å².